The molecule has 2 fully saturated rings. The van der Waals surface area contributed by atoms with Gasteiger partial charge in [-0.25, -0.2) is 4.39 Å². The van der Waals surface area contributed by atoms with Gasteiger partial charge in [-0.15, -0.1) is 0 Å². The summed E-state index contributed by atoms with van der Waals surface area (Å²) in [4.78, 5) is 25.2. The Morgan fingerprint density at radius 1 is 1.33 bits per heavy atom. The van der Waals surface area contributed by atoms with Crippen LogP contribution in [0.4, 0.5) is 4.39 Å². The third-order valence-electron chi connectivity index (χ3n) is 5.60. The Bertz CT molecular complexity index is 600. The number of carboxylic acid groups (broad SMARTS) is 1. The van der Waals surface area contributed by atoms with Crippen LogP contribution in [0.25, 0.3) is 0 Å². The van der Waals surface area contributed by atoms with Crippen LogP contribution < -0.4 is 0 Å². The van der Waals surface area contributed by atoms with Gasteiger partial charge in [0, 0.05) is 24.9 Å². The van der Waals surface area contributed by atoms with E-state index < -0.39 is 12.0 Å². The highest BCUT2D eigenvalue weighted by molar-refractivity contribution is 5.73. The molecule has 5 heteroatoms. The highest BCUT2D eigenvalue weighted by Gasteiger charge is 2.40. The fourth-order valence-corrected chi connectivity index (χ4v) is 4.31. The molecule has 2 aliphatic rings. The van der Waals surface area contributed by atoms with E-state index in [1.54, 1.807) is 6.07 Å². The predicted octanol–water partition coefficient (Wildman–Crippen LogP) is 3.07. The topological polar surface area (TPSA) is 57.6 Å². The molecule has 0 spiro atoms. The highest BCUT2D eigenvalue weighted by atomic mass is 19.1. The normalized spacial score (nSPS) is 26.5. The lowest BCUT2D eigenvalue weighted by molar-refractivity contribution is -0.143. The SMILES string of the molecule is O=CC1CN(C(CC2CCCC2)C(=O)O)CC1c1cccc(F)c1. The number of benzene rings is 1. The number of rotatable bonds is 6. The molecule has 1 aliphatic heterocycles. The minimum atomic E-state index is -0.813. The number of hydrogen-bond acceptors (Lipinski definition) is 3. The predicted molar refractivity (Wildman–Crippen MR) is 88.3 cm³/mol. The first kappa shape index (κ1) is 17.1. The quantitative estimate of drug-likeness (QED) is 0.813. The van der Waals surface area contributed by atoms with E-state index in [0.29, 0.717) is 25.4 Å². The van der Waals surface area contributed by atoms with Crippen molar-refractivity contribution in [3.05, 3.63) is 35.6 Å². The lowest BCUT2D eigenvalue weighted by Crippen LogP contribution is -2.41. The number of nitrogens with zero attached hydrogens (tertiary/aromatic N) is 1. The monoisotopic (exact) mass is 333 g/mol. The van der Waals surface area contributed by atoms with Crippen LogP contribution in [0.2, 0.25) is 0 Å². The molecule has 1 heterocycles. The first-order chi connectivity index (χ1) is 11.6. The summed E-state index contributed by atoms with van der Waals surface area (Å²) in [6.45, 7) is 0.935. The molecule has 4 nitrogen and oxygen atoms in total. The van der Waals surface area contributed by atoms with E-state index in [9.17, 15) is 19.1 Å². The first-order valence-electron chi connectivity index (χ1n) is 8.76. The summed E-state index contributed by atoms with van der Waals surface area (Å²) in [6, 6.07) is 5.75. The molecule has 1 aromatic rings. The molecule has 3 unspecified atom stereocenters. The Morgan fingerprint density at radius 3 is 2.71 bits per heavy atom. The molecule has 1 aromatic carbocycles. The molecule has 3 atom stereocenters. The van der Waals surface area contributed by atoms with Gasteiger partial charge in [-0.2, -0.15) is 0 Å². The summed E-state index contributed by atoms with van der Waals surface area (Å²) in [5.74, 6) is -1.09. The average molecular weight is 333 g/mol. The number of likely N-dealkylation sites (tertiary alicyclic amines) is 1. The Morgan fingerprint density at radius 2 is 2.08 bits per heavy atom. The van der Waals surface area contributed by atoms with Gasteiger partial charge in [0.2, 0.25) is 0 Å². The zero-order chi connectivity index (χ0) is 17.1. The smallest absolute Gasteiger partial charge is 0.320 e. The number of carboxylic acids is 1. The Labute approximate surface area is 141 Å². The zero-order valence-corrected chi connectivity index (χ0v) is 13.7. The van der Waals surface area contributed by atoms with Crippen molar-refractivity contribution in [1.82, 2.24) is 4.90 Å². The summed E-state index contributed by atoms with van der Waals surface area (Å²) in [6.07, 6.45) is 6.10. The second kappa shape index (κ2) is 7.43. The maximum Gasteiger partial charge on any atom is 0.320 e. The van der Waals surface area contributed by atoms with E-state index >= 15 is 0 Å². The summed E-state index contributed by atoms with van der Waals surface area (Å²) < 4.78 is 13.5. The van der Waals surface area contributed by atoms with Crippen molar-refractivity contribution in [2.75, 3.05) is 13.1 Å². The van der Waals surface area contributed by atoms with Crippen LogP contribution in [0, 0.1) is 17.7 Å². The van der Waals surface area contributed by atoms with Crippen molar-refractivity contribution < 1.29 is 19.1 Å². The highest BCUT2D eigenvalue weighted by Crippen LogP contribution is 2.36. The standard InChI is InChI=1S/C19H24FNO3/c20-16-7-3-6-14(9-16)17-11-21(10-15(17)12-22)18(19(23)24)8-13-4-1-2-5-13/h3,6-7,9,12-13,15,17-18H,1-2,4-5,8,10-11H2,(H,23,24). The van der Waals surface area contributed by atoms with E-state index in [4.69, 9.17) is 0 Å². The van der Waals surface area contributed by atoms with Crippen LogP contribution >= 0.6 is 0 Å². The molecule has 1 N–H and O–H groups in total. The molecule has 24 heavy (non-hydrogen) atoms. The van der Waals surface area contributed by atoms with Gasteiger partial charge in [0.1, 0.15) is 18.1 Å². The van der Waals surface area contributed by atoms with Crippen molar-refractivity contribution in [2.45, 2.75) is 44.1 Å². The molecule has 130 valence electrons. The summed E-state index contributed by atoms with van der Waals surface area (Å²) in [5.41, 5.74) is 0.777. The molecule has 0 radical (unpaired) electrons. The molecule has 0 amide bonds. The number of carbonyl (C=O) groups is 2. The van der Waals surface area contributed by atoms with Crippen LogP contribution in [0.1, 0.15) is 43.6 Å². The number of carbonyl (C=O) groups excluding carboxylic acids is 1. The molecule has 0 aromatic heterocycles. The molecule has 1 saturated heterocycles. The fourth-order valence-electron chi connectivity index (χ4n) is 4.31. The van der Waals surface area contributed by atoms with E-state index in [2.05, 4.69) is 0 Å². The van der Waals surface area contributed by atoms with Gasteiger partial charge in [0.15, 0.2) is 0 Å². The number of aldehydes is 1. The first-order valence-corrected chi connectivity index (χ1v) is 8.76. The fraction of sp³-hybridized carbons (Fsp3) is 0.579. The minimum Gasteiger partial charge on any atom is -0.480 e. The molecule has 0 bridgehead atoms. The molecular formula is C19H24FNO3. The number of aliphatic carboxylic acids is 1. The van der Waals surface area contributed by atoms with E-state index in [-0.39, 0.29) is 17.7 Å². The number of hydrogen-bond donors (Lipinski definition) is 1. The zero-order valence-electron chi connectivity index (χ0n) is 13.7. The summed E-state index contributed by atoms with van der Waals surface area (Å²) in [5, 5.41) is 9.66. The summed E-state index contributed by atoms with van der Waals surface area (Å²) in [7, 11) is 0. The van der Waals surface area contributed by atoms with E-state index in [1.807, 2.05) is 11.0 Å². The van der Waals surface area contributed by atoms with Crippen molar-refractivity contribution in [1.29, 1.82) is 0 Å². The largest absolute Gasteiger partial charge is 0.480 e. The van der Waals surface area contributed by atoms with Crippen LogP contribution in [-0.2, 0) is 9.59 Å². The van der Waals surface area contributed by atoms with Crippen LogP contribution in [0.3, 0.4) is 0 Å². The van der Waals surface area contributed by atoms with Crippen molar-refractivity contribution in [2.24, 2.45) is 11.8 Å². The lowest BCUT2D eigenvalue weighted by atomic mass is 9.90. The molecule has 3 rings (SSSR count). The lowest BCUT2D eigenvalue weighted by Gasteiger charge is -2.26. The second-order valence-electron chi connectivity index (χ2n) is 7.16. The Kier molecular flexibility index (Phi) is 5.29. The van der Waals surface area contributed by atoms with Gasteiger partial charge in [-0.3, -0.25) is 9.69 Å². The minimum absolute atomic E-state index is 0.136. The van der Waals surface area contributed by atoms with Crippen molar-refractivity contribution >= 4 is 12.3 Å². The third kappa shape index (κ3) is 3.66. The van der Waals surface area contributed by atoms with Gasteiger partial charge in [-0.05, 0) is 30.0 Å². The van der Waals surface area contributed by atoms with Crippen LogP contribution in [-0.4, -0.2) is 41.4 Å². The van der Waals surface area contributed by atoms with Gasteiger partial charge < -0.3 is 9.90 Å². The molecule has 1 saturated carbocycles. The maximum atomic E-state index is 13.5. The van der Waals surface area contributed by atoms with Gasteiger partial charge in [0.05, 0.1) is 0 Å². The van der Waals surface area contributed by atoms with Crippen LogP contribution in [0.5, 0.6) is 0 Å². The third-order valence-corrected chi connectivity index (χ3v) is 5.60. The second-order valence-corrected chi connectivity index (χ2v) is 7.16. The van der Waals surface area contributed by atoms with Gasteiger partial charge in [0.25, 0.3) is 0 Å². The van der Waals surface area contributed by atoms with Crippen LogP contribution in [0.15, 0.2) is 24.3 Å². The maximum absolute atomic E-state index is 13.5. The van der Waals surface area contributed by atoms with Crippen molar-refractivity contribution in [3.8, 4) is 0 Å². The van der Waals surface area contributed by atoms with Gasteiger partial charge in [-0.1, -0.05) is 37.8 Å². The molecule has 1 aliphatic carbocycles. The summed E-state index contributed by atoms with van der Waals surface area (Å²) >= 11 is 0. The Hall–Kier alpha value is -1.75. The molecular weight excluding hydrogens is 309 g/mol. The van der Waals surface area contributed by atoms with E-state index in [1.165, 1.54) is 25.0 Å². The number of halogens is 1. The van der Waals surface area contributed by atoms with E-state index in [0.717, 1.165) is 24.7 Å². The Balaban J connectivity index is 1.75. The van der Waals surface area contributed by atoms with Gasteiger partial charge >= 0.3 is 5.97 Å². The average Bonchev–Trinajstić information content (AvgIpc) is 3.21. The van der Waals surface area contributed by atoms with Crippen molar-refractivity contribution in [3.63, 3.8) is 0 Å².